The van der Waals surface area contributed by atoms with Gasteiger partial charge in [0.25, 0.3) is 10.0 Å². The second-order valence-electron chi connectivity index (χ2n) is 7.12. The largest absolute Gasteiger partial charge is 0.381 e. The third kappa shape index (κ3) is 4.62. The van der Waals surface area contributed by atoms with Crippen molar-refractivity contribution in [1.82, 2.24) is 14.4 Å². The van der Waals surface area contributed by atoms with E-state index in [-0.39, 0.29) is 12.0 Å². The van der Waals surface area contributed by atoms with Crippen molar-refractivity contribution >= 4 is 21.4 Å². The monoisotopic (exact) mass is 427 g/mol. The van der Waals surface area contributed by atoms with Crippen molar-refractivity contribution in [3.63, 3.8) is 0 Å². The van der Waals surface area contributed by atoms with E-state index in [9.17, 15) is 8.42 Å². The molecule has 28 heavy (non-hydrogen) atoms. The molecule has 2 saturated heterocycles. The molecule has 1 atom stereocenters. The lowest BCUT2D eigenvalue weighted by atomic mass is 10.0. The van der Waals surface area contributed by atoms with E-state index >= 15 is 0 Å². The minimum Gasteiger partial charge on any atom is -0.381 e. The molecule has 154 valence electrons. The molecule has 10 heteroatoms. The summed E-state index contributed by atoms with van der Waals surface area (Å²) in [7, 11) is -3.42. The first kappa shape index (κ1) is 20.0. The lowest BCUT2D eigenvalue weighted by molar-refractivity contribution is 0.0199. The van der Waals surface area contributed by atoms with Gasteiger partial charge in [0.1, 0.15) is 4.21 Å². The van der Waals surface area contributed by atoms with Gasteiger partial charge in [0.05, 0.1) is 12.7 Å². The molecular weight excluding hydrogens is 402 g/mol. The summed E-state index contributed by atoms with van der Waals surface area (Å²) in [5.74, 6) is 1.61. The number of hydrogen-bond donors (Lipinski definition) is 0. The van der Waals surface area contributed by atoms with E-state index in [1.54, 1.807) is 17.5 Å². The van der Waals surface area contributed by atoms with Gasteiger partial charge in [-0.05, 0) is 37.1 Å². The van der Waals surface area contributed by atoms with Crippen LogP contribution in [0.4, 0.5) is 0 Å². The molecule has 0 spiro atoms. The fourth-order valence-electron chi connectivity index (χ4n) is 3.59. The maximum absolute atomic E-state index is 12.7. The van der Waals surface area contributed by atoms with Crippen LogP contribution in [0.25, 0.3) is 0 Å². The van der Waals surface area contributed by atoms with E-state index in [2.05, 4.69) is 10.1 Å². The van der Waals surface area contributed by atoms with Crippen molar-refractivity contribution in [1.29, 1.82) is 0 Å². The van der Waals surface area contributed by atoms with Gasteiger partial charge in [-0.25, -0.2) is 8.42 Å². The first-order chi connectivity index (χ1) is 13.6. The van der Waals surface area contributed by atoms with E-state index in [0.29, 0.717) is 42.0 Å². The second-order valence-corrected chi connectivity index (χ2v) is 10.2. The predicted molar refractivity (Wildman–Crippen MR) is 103 cm³/mol. The molecule has 8 nitrogen and oxygen atoms in total. The zero-order valence-electron chi connectivity index (χ0n) is 15.7. The van der Waals surface area contributed by atoms with Crippen molar-refractivity contribution in [2.45, 2.75) is 48.3 Å². The minimum atomic E-state index is -3.42. The molecule has 0 N–H and O–H groups in total. The average Bonchev–Trinajstić information content (AvgIpc) is 3.42. The second kappa shape index (κ2) is 9.00. The van der Waals surface area contributed by atoms with Crippen LogP contribution in [0.2, 0.25) is 0 Å². The van der Waals surface area contributed by atoms with Gasteiger partial charge in [-0.1, -0.05) is 11.2 Å². The quantitative estimate of drug-likeness (QED) is 0.670. The highest BCUT2D eigenvalue weighted by Crippen LogP contribution is 2.26. The molecule has 0 saturated carbocycles. The highest BCUT2D eigenvalue weighted by Gasteiger charge is 2.31. The van der Waals surface area contributed by atoms with Crippen LogP contribution in [0.3, 0.4) is 0 Å². The summed E-state index contributed by atoms with van der Waals surface area (Å²) in [5, 5.41) is 5.83. The molecule has 0 aliphatic carbocycles. The molecule has 0 aromatic carbocycles. The van der Waals surface area contributed by atoms with Crippen LogP contribution in [0.15, 0.2) is 26.2 Å². The number of ether oxygens (including phenoxy) is 2. The molecule has 0 radical (unpaired) electrons. The van der Waals surface area contributed by atoms with Crippen molar-refractivity contribution in [3.05, 3.63) is 29.2 Å². The Labute approximate surface area is 168 Å². The molecule has 2 aliphatic rings. The molecule has 1 unspecified atom stereocenters. The van der Waals surface area contributed by atoms with E-state index in [1.807, 2.05) is 0 Å². The molecular formula is C18H25N3O5S2. The summed E-state index contributed by atoms with van der Waals surface area (Å²) in [4.78, 5) is 4.49. The van der Waals surface area contributed by atoms with Crippen molar-refractivity contribution in [2.75, 3.05) is 32.9 Å². The highest BCUT2D eigenvalue weighted by atomic mass is 32.2. The molecule has 0 bridgehead atoms. The predicted octanol–water partition coefficient (Wildman–Crippen LogP) is 2.44. The van der Waals surface area contributed by atoms with Crippen molar-refractivity contribution in [2.24, 2.45) is 0 Å². The summed E-state index contributed by atoms with van der Waals surface area (Å²) >= 11 is 1.25. The van der Waals surface area contributed by atoms with Crippen LogP contribution in [0, 0.1) is 0 Å². The lowest BCUT2D eigenvalue weighted by Crippen LogP contribution is -2.43. The van der Waals surface area contributed by atoms with Gasteiger partial charge in [-0.2, -0.15) is 9.29 Å². The average molecular weight is 428 g/mol. The summed E-state index contributed by atoms with van der Waals surface area (Å²) in [6.45, 7) is 2.85. The first-order valence-corrected chi connectivity index (χ1v) is 12.0. The number of sulfonamides is 1. The number of thiophene rings is 1. The molecule has 2 aliphatic heterocycles. The summed E-state index contributed by atoms with van der Waals surface area (Å²) in [6, 6.07) is 3.41. The van der Waals surface area contributed by atoms with Crippen molar-refractivity contribution < 1.29 is 22.4 Å². The zero-order valence-corrected chi connectivity index (χ0v) is 17.3. The Kier molecular flexibility index (Phi) is 6.42. The Morgan fingerprint density at radius 3 is 2.93 bits per heavy atom. The van der Waals surface area contributed by atoms with Gasteiger partial charge in [0.15, 0.2) is 5.82 Å². The van der Waals surface area contributed by atoms with Crippen molar-refractivity contribution in [3.8, 4) is 0 Å². The van der Waals surface area contributed by atoms with Gasteiger partial charge in [0.2, 0.25) is 5.89 Å². The Balaban J connectivity index is 1.27. The summed E-state index contributed by atoms with van der Waals surface area (Å²) in [6.07, 6.45) is 3.93. The van der Waals surface area contributed by atoms with Crippen LogP contribution in [-0.2, 0) is 25.9 Å². The minimum absolute atomic E-state index is 0.106. The fourth-order valence-corrected chi connectivity index (χ4v) is 6.25. The van der Waals surface area contributed by atoms with Crippen LogP contribution in [-0.4, -0.2) is 61.9 Å². The van der Waals surface area contributed by atoms with Gasteiger partial charge >= 0.3 is 0 Å². The maximum atomic E-state index is 12.7. The molecule has 2 aromatic rings. The van der Waals surface area contributed by atoms with Gasteiger partial charge in [0, 0.05) is 38.6 Å². The van der Waals surface area contributed by atoms with Crippen LogP contribution < -0.4 is 0 Å². The Hall–Kier alpha value is -1.33. The molecule has 2 aromatic heterocycles. The smallest absolute Gasteiger partial charge is 0.252 e. The molecule has 0 amide bonds. The van der Waals surface area contributed by atoms with Crippen LogP contribution in [0.5, 0.6) is 0 Å². The maximum Gasteiger partial charge on any atom is 0.252 e. The Bertz CT molecular complexity index is 846. The summed E-state index contributed by atoms with van der Waals surface area (Å²) in [5.41, 5.74) is 0. The number of nitrogens with zero attached hydrogens (tertiary/aromatic N) is 3. The third-order valence-electron chi connectivity index (χ3n) is 5.16. The van der Waals surface area contributed by atoms with E-state index in [0.717, 1.165) is 38.9 Å². The first-order valence-electron chi connectivity index (χ1n) is 9.68. The molecule has 4 heterocycles. The van der Waals surface area contributed by atoms with Crippen LogP contribution >= 0.6 is 11.3 Å². The number of piperidine rings is 1. The SMILES string of the molecule is O=S(=O)(c1cccs1)N1CCCC(OCCc2noc(C3CCOCC3)n2)C1. The van der Waals surface area contributed by atoms with E-state index < -0.39 is 10.0 Å². The standard InChI is InChI=1S/C18H25N3O5S2/c22-28(23,17-4-2-12-27-17)21-8-1-3-15(13-21)25-11-7-16-19-18(26-20-16)14-5-9-24-10-6-14/h2,4,12,14-15H,1,3,5-11,13H2. The van der Waals surface area contributed by atoms with Crippen LogP contribution in [0.1, 0.15) is 43.3 Å². The van der Waals surface area contributed by atoms with E-state index in [4.69, 9.17) is 14.0 Å². The molecule has 4 rings (SSSR count). The van der Waals surface area contributed by atoms with Gasteiger partial charge in [-0.15, -0.1) is 11.3 Å². The van der Waals surface area contributed by atoms with Gasteiger partial charge < -0.3 is 14.0 Å². The number of rotatable bonds is 7. The van der Waals surface area contributed by atoms with E-state index in [1.165, 1.54) is 15.6 Å². The molecule has 2 fully saturated rings. The lowest BCUT2D eigenvalue weighted by Gasteiger charge is -2.31. The fraction of sp³-hybridized carbons (Fsp3) is 0.667. The Morgan fingerprint density at radius 2 is 2.14 bits per heavy atom. The summed E-state index contributed by atoms with van der Waals surface area (Å²) < 4.78 is 44.0. The normalized spacial score (nSPS) is 22.5. The topological polar surface area (TPSA) is 94.8 Å². The number of hydrogen-bond acceptors (Lipinski definition) is 8. The third-order valence-corrected chi connectivity index (χ3v) is 8.40. The van der Waals surface area contributed by atoms with Gasteiger partial charge in [-0.3, -0.25) is 0 Å². The number of aromatic nitrogens is 2. The Morgan fingerprint density at radius 1 is 1.29 bits per heavy atom. The highest BCUT2D eigenvalue weighted by molar-refractivity contribution is 7.91. The zero-order chi connectivity index (χ0) is 19.4.